The summed E-state index contributed by atoms with van der Waals surface area (Å²) in [5.74, 6) is -2.03. The van der Waals surface area contributed by atoms with E-state index in [1.807, 2.05) is 0 Å². The molecule has 2 N–H and O–H groups in total. The number of hydrogen-bond acceptors (Lipinski definition) is 5. The fourth-order valence-corrected chi connectivity index (χ4v) is 2.74. The normalized spacial score (nSPS) is 11.7. The SMILES string of the molecule is CCCCCCCCCCCCCCOC(=O)/C=C\C(=O)OP(=O)(O)O. The first kappa shape index (κ1) is 24.8. The molecule has 152 valence electrons. The topological polar surface area (TPSA) is 110 Å². The molecule has 0 saturated carbocycles. The molecular weight excluding hydrogens is 359 g/mol. The highest BCUT2D eigenvalue weighted by atomic mass is 31.2. The average molecular weight is 392 g/mol. The lowest BCUT2D eigenvalue weighted by Gasteiger charge is -2.04. The molecule has 26 heavy (non-hydrogen) atoms. The molecule has 0 aromatic heterocycles. The minimum atomic E-state index is -4.89. The van der Waals surface area contributed by atoms with E-state index in [0.29, 0.717) is 6.08 Å². The Hall–Kier alpha value is -1.17. The van der Waals surface area contributed by atoms with Crippen molar-refractivity contribution in [2.24, 2.45) is 0 Å². The number of ether oxygens (including phenoxy) is 1. The summed E-state index contributed by atoms with van der Waals surface area (Å²) in [5.41, 5.74) is 0. The summed E-state index contributed by atoms with van der Waals surface area (Å²) in [6, 6.07) is 0. The van der Waals surface area contributed by atoms with E-state index in [1.54, 1.807) is 0 Å². The summed E-state index contributed by atoms with van der Waals surface area (Å²) >= 11 is 0. The van der Waals surface area contributed by atoms with Gasteiger partial charge in [0.05, 0.1) is 6.61 Å². The minimum Gasteiger partial charge on any atom is -0.463 e. The number of rotatable bonds is 16. The smallest absolute Gasteiger partial charge is 0.463 e. The van der Waals surface area contributed by atoms with Gasteiger partial charge in [0.25, 0.3) is 0 Å². The first-order valence-electron chi connectivity index (χ1n) is 9.49. The van der Waals surface area contributed by atoms with Gasteiger partial charge in [0.1, 0.15) is 0 Å². The van der Waals surface area contributed by atoms with Crippen molar-refractivity contribution in [2.75, 3.05) is 6.61 Å². The van der Waals surface area contributed by atoms with Crippen LogP contribution in [-0.2, 0) is 23.4 Å². The summed E-state index contributed by atoms with van der Waals surface area (Å²) in [6.07, 6.45) is 16.0. The van der Waals surface area contributed by atoms with E-state index in [2.05, 4.69) is 11.4 Å². The predicted octanol–water partition coefficient (Wildman–Crippen LogP) is 4.42. The van der Waals surface area contributed by atoms with Gasteiger partial charge in [-0.3, -0.25) is 9.79 Å². The van der Waals surface area contributed by atoms with Gasteiger partial charge in [-0.1, -0.05) is 77.6 Å². The van der Waals surface area contributed by atoms with Crippen LogP contribution in [-0.4, -0.2) is 28.3 Å². The lowest BCUT2D eigenvalue weighted by Crippen LogP contribution is -2.04. The molecule has 8 heteroatoms. The third-order valence-electron chi connectivity index (χ3n) is 3.81. The number of phosphoric acid groups is 1. The largest absolute Gasteiger partial charge is 0.527 e. The molecule has 7 nitrogen and oxygen atoms in total. The first-order valence-corrected chi connectivity index (χ1v) is 11.0. The van der Waals surface area contributed by atoms with Gasteiger partial charge in [-0.05, 0) is 6.42 Å². The summed E-state index contributed by atoms with van der Waals surface area (Å²) in [6.45, 7) is 2.48. The quantitative estimate of drug-likeness (QED) is 0.173. The Labute approximate surface area is 156 Å². The van der Waals surface area contributed by atoms with Gasteiger partial charge in [-0.2, -0.15) is 0 Å². The summed E-state index contributed by atoms with van der Waals surface area (Å²) < 4.78 is 19.0. The van der Waals surface area contributed by atoms with E-state index in [4.69, 9.17) is 14.5 Å². The highest BCUT2D eigenvalue weighted by Gasteiger charge is 2.18. The summed E-state index contributed by atoms with van der Waals surface area (Å²) in [7, 11) is -4.89. The molecule has 0 aliphatic rings. The number of phosphoric ester groups is 1. The lowest BCUT2D eigenvalue weighted by atomic mass is 10.1. The molecule has 0 fully saturated rings. The molecule has 0 atom stereocenters. The maximum absolute atomic E-state index is 11.3. The first-order chi connectivity index (χ1) is 12.3. The van der Waals surface area contributed by atoms with Gasteiger partial charge in [-0.25, -0.2) is 14.2 Å². The number of hydrogen-bond donors (Lipinski definition) is 2. The Kier molecular flexibility index (Phi) is 15.3. The standard InChI is InChI=1S/C18H33O7P/c1-2-3-4-5-6-7-8-9-10-11-12-13-16-24-17(19)14-15-18(20)25-26(21,22)23/h14-15H,2-13,16H2,1H3,(H2,21,22,23)/b15-14-. The van der Waals surface area contributed by atoms with E-state index >= 15 is 0 Å². The Morgan fingerprint density at radius 1 is 0.769 bits per heavy atom. The molecule has 0 unspecified atom stereocenters. The zero-order valence-electron chi connectivity index (χ0n) is 15.7. The molecule has 0 radical (unpaired) electrons. The van der Waals surface area contributed by atoms with E-state index in [9.17, 15) is 14.2 Å². The van der Waals surface area contributed by atoms with E-state index in [0.717, 1.165) is 25.3 Å². The highest BCUT2D eigenvalue weighted by molar-refractivity contribution is 7.46. The Morgan fingerprint density at radius 3 is 1.65 bits per heavy atom. The third kappa shape index (κ3) is 19.2. The maximum Gasteiger partial charge on any atom is 0.527 e. The number of esters is 1. The fourth-order valence-electron chi connectivity index (χ4n) is 2.45. The second kappa shape index (κ2) is 16.0. The van der Waals surface area contributed by atoms with Crippen LogP contribution in [0.1, 0.15) is 84.0 Å². The predicted molar refractivity (Wildman–Crippen MR) is 99.3 cm³/mol. The van der Waals surface area contributed by atoms with Crippen LogP contribution in [0.5, 0.6) is 0 Å². The van der Waals surface area contributed by atoms with Gasteiger partial charge < -0.3 is 9.26 Å². The minimum absolute atomic E-state index is 0.258. The second-order valence-electron chi connectivity index (χ2n) is 6.29. The van der Waals surface area contributed by atoms with Crippen molar-refractivity contribution in [1.82, 2.24) is 0 Å². The van der Waals surface area contributed by atoms with Gasteiger partial charge >= 0.3 is 19.8 Å². The fraction of sp³-hybridized carbons (Fsp3) is 0.778. The van der Waals surface area contributed by atoms with Gasteiger partial charge in [0.15, 0.2) is 0 Å². The Bertz CT molecular complexity index is 456. The van der Waals surface area contributed by atoms with Gasteiger partial charge in [0, 0.05) is 12.2 Å². The van der Waals surface area contributed by atoms with E-state index < -0.39 is 19.8 Å². The van der Waals surface area contributed by atoms with Crippen molar-refractivity contribution < 1.29 is 33.2 Å². The summed E-state index contributed by atoms with van der Waals surface area (Å²) in [5, 5.41) is 0. The van der Waals surface area contributed by atoms with Crippen molar-refractivity contribution in [3.05, 3.63) is 12.2 Å². The van der Waals surface area contributed by atoms with E-state index in [1.165, 1.54) is 57.8 Å². The Morgan fingerprint density at radius 2 is 1.19 bits per heavy atom. The molecule has 0 saturated heterocycles. The van der Waals surface area contributed by atoms with Crippen molar-refractivity contribution in [3.8, 4) is 0 Å². The van der Waals surface area contributed by atoms with Crippen LogP contribution in [0.4, 0.5) is 0 Å². The van der Waals surface area contributed by atoms with Crippen LogP contribution in [0.15, 0.2) is 12.2 Å². The zero-order valence-corrected chi connectivity index (χ0v) is 16.6. The molecule has 0 rings (SSSR count). The molecule has 0 heterocycles. The monoisotopic (exact) mass is 392 g/mol. The second-order valence-corrected chi connectivity index (χ2v) is 7.45. The van der Waals surface area contributed by atoms with Crippen LogP contribution in [0.25, 0.3) is 0 Å². The van der Waals surface area contributed by atoms with Crippen LogP contribution in [0.2, 0.25) is 0 Å². The molecule has 0 bridgehead atoms. The molecule has 0 aromatic carbocycles. The average Bonchev–Trinajstić information content (AvgIpc) is 2.55. The summed E-state index contributed by atoms with van der Waals surface area (Å²) in [4.78, 5) is 39.1. The van der Waals surface area contributed by atoms with E-state index in [-0.39, 0.29) is 6.61 Å². The van der Waals surface area contributed by atoms with Crippen molar-refractivity contribution in [1.29, 1.82) is 0 Å². The molecule has 0 amide bonds. The van der Waals surface area contributed by atoms with Crippen molar-refractivity contribution >= 4 is 19.8 Å². The van der Waals surface area contributed by atoms with Crippen LogP contribution < -0.4 is 0 Å². The number of unbranched alkanes of at least 4 members (excludes halogenated alkanes) is 11. The molecule has 0 aliphatic carbocycles. The zero-order chi connectivity index (χ0) is 19.7. The maximum atomic E-state index is 11.3. The van der Waals surface area contributed by atoms with Gasteiger partial charge in [0.2, 0.25) is 0 Å². The van der Waals surface area contributed by atoms with Crippen LogP contribution >= 0.6 is 7.82 Å². The highest BCUT2D eigenvalue weighted by Crippen LogP contribution is 2.35. The van der Waals surface area contributed by atoms with Crippen LogP contribution in [0, 0.1) is 0 Å². The molecule has 0 aromatic rings. The molecule has 0 aliphatic heterocycles. The third-order valence-corrected chi connectivity index (χ3v) is 4.22. The number of carbonyl (C=O) groups is 2. The Balaban J connectivity index is 3.43. The van der Waals surface area contributed by atoms with Crippen molar-refractivity contribution in [3.63, 3.8) is 0 Å². The van der Waals surface area contributed by atoms with Gasteiger partial charge in [-0.15, -0.1) is 0 Å². The molecule has 0 spiro atoms. The van der Waals surface area contributed by atoms with Crippen LogP contribution in [0.3, 0.4) is 0 Å². The number of carbonyl (C=O) groups excluding carboxylic acids is 2. The van der Waals surface area contributed by atoms with Crippen molar-refractivity contribution in [2.45, 2.75) is 84.0 Å². The lowest BCUT2D eigenvalue weighted by molar-refractivity contribution is -0.138. The molecular formula is C18H33O7P.